The van der Waals surface area contributed by atoms with Crippen molar-refractivity contribution in [3.63, 3.8) is 0 Å². The van der Waals surface area contributed by atoms with E-state index in [2.05, 4.69) is 20.1 Å². The number of pyridine rings is 1. The molecule has 23 heavy (non-hydrogen) atoms. The maximum atomic E-state index is 11.9. The van der Waals surface area contributed by atoms with E-state index in [9.17, 15) is 4.79 Å². The van der Waals surface area contributed by atoms with E-state index in [1.165, 1.54) is 6.33 Å². The molecule has 4 rings (SSSR count). The van der Waals surface area contributed by atoms with Crippen molar-refractivity contribution in [3.8, 4) is 22.5 Å². The second kappa shape index (κ2) is 5.17. The lowest BCUT2D eigenvalue weighted by Gasteiger charge is -2.03. The molecule has 0 saturated heterocycles. The molecule has 0 aliphatic rings. The molecule has 0 aliphatic carbocycles. The number of nitrogens with one attached hydrogen (secondary N) is 1. The van der Waals surface area contributed by atoms with E-state index in [0.717, 1.165) is 11.1 Å². The molecule has 0 spiro atoms. The van der Waals surface area contributed by atoms with Gasteiger partial charge >= 0.3 is 0 Å². The summed E-state index contributed by atoms with van der Waals surface area (Å²) in [5, 5.41) is 4.15. The first-order chi connectivity index (χ1) is 11.2. The number of nitrogens with zero attached hydrogens (tertiary/aromatic N) is 3. The van der Waals surface area contributed by atoms with Gasteiger partial charge in [-0.25, -0.2) is 9.97 Å². The molecule has 0 atom stereocenters. The number of aryl methyl sites for hydroxylation is 1. The van der Waals surface area contributed by atoms with Crippen LogP contribution < -0.4 is 5.56 Å². The van der Waals surface area contributed by atoms with Crippen LogP contribution in [0.15, 0.2) is 58.1 Å². The number of rotatable bonds is 2. The average Bonchev–Trinajstić information content (AvgIpc) is 2.97. The van der Waals surface area contributed by atoms with Gasteiger partial charge in [-0.05, 0) is 19.1 Å². The van der Waals surface area contributed by atoms with E-state index in [1.54, 1.807) is 6.07 Å². The fourth-order valence-corrected chi connectivity index (χ4v) is 2.56. The van der Waals surface area contributed by atoms with Crippen molar-refractivity contribution in [2.45, 2.75) is 6.92 Å². The molecule has 4 aromatic rings. The van der Waals surface area contributed by atoms with Crippen LogP contribution in [0, 0.1) is 6.92 Å². The van der Waals surface area contributed by atoms with Crippen LogP contribution in [0.25, 0.3) is 33.5 Å². The Morgan fingerprint density at radius 1 is 1.09 bits per heavy atom. The summed E-state index contributed by atoms with van der Waals surface area (Å²) in [4.78, 5) is 23.1. The average molecular weight is 304 g/mol. The molecule has 0 saturated carbocycles. The summed E-state index contributed by atoms with van der Waals surface area (Å²) in [5.74, 6) is 0.649. The Morgan fingerprint density at radius 3 is 2.74 bits per heavy atom. The molecule has 6 nitrogen and oxygen atoms in total. The standard InChI is InChI=1S/C17H12N4O2/c1-10-14(15(21-23-10)11-5-3-2-4-6-11)12-7-8-13-16(20-12)17(22)19-9-18-13/h2-9H,1H3,(H,18,19,22). The lowest BCUT2D eigenvalue weighted by molar-refractivity contribution is 0.400. The maximum Gasteiger partial charge on any atom is 0.277 e. The van der Waals surface area contributed by atoms with Crippen LogP contribution in [-0.2, 0) is 0 Å². The fourth-order valence-electron chi connectivity index (χ4n) is 2.56. The van der Waals surface area contributed by atoms with Gasteiger partial charge in [0.2, 0.25) is 0 Å². The zero-order chi connectivity index (χ0) is 15.8. The van der Waals surface area contributed by atoms with Crippen LogP contribution in [0.4, 0.5) is 0 Å². The van der Waals surface area contributed by atoms with Crippen molar-refractivity contribution in [1.29, 1.82) is 0 Å². The minimum Gasteiger partial charge on any atom is -0.360 e. The van der Waals surface area contributed by atoms with Gasteiger partial charge in [0.15, 0.2) is 5.52 Å². The molecule has 3 aromatic heterocycles. The van der Waals surface area contributed by atoms with E-state index in [0.29, 0.717) is 28.2 Å². The third-order valence-electron chi connectivity index (χ3n) is 3.65. The minimum atomic E-state index is -0.271. The predicted octanol–water partition coefficient (Wildman–Crippen LogP) is 2.95. The molecule has 1 N–H and O–H groups in total. The number of fused-ring (bicyclic) bond motifs is 1. The molecule has 112 valence electrons. The van der Waals surface area contributed by atoms with Gasteiger partial charge < -0.3 is 9.51 Å². The molecule has 0 bridgehead atoms. The van der Waals surface area contributed by atoms with E-state index in [4.69, 9.17) is 4.52 Å². The number of H-pyrrole nitrogens is 1. The zero-order valence-electron chi connectivity index (χ0n) is 12.3. The minimum absolute atomic E-state index is 0.271. The van der Waals surface area contributed by atoms with Gasteiger partial charge in [0, 0.05) is 5.56 Å². The topological polar surface area (TPSA) is 84.7 Å². The quantitative estimate of drug-likeness (QED) is 0.615. The molecule has 0 fully saturated rings. The summed E-state index contributed by atoms with van der Waals surface area (Å²) in [6.45, 7) is 1.83. The first-order valence-electron chi connectivity index (χ1n) is 7.10. The Hall–Kier alpha value is -3.28. The Labute approximate surface area is 130 Å². The van der Waals surface area contributed by atoms with Gasteiger partial charge in [0.05, 0.1) is 23.1 Å². The first-order valence-corrected chi connectivity index (χ1v) is 7.10. The Bertz CT molecular complexity index is 1050. The summed E-state index contributed by atoms with van der Waals surface area (Å²) in [6, 6.07) is 13.3. The van der Waals surface area contributed by atoms with Gasteiger partial charge in [0.1, 0.15) is 11.5 Å². The zero-order valence-corrected chi connectivity index (χ0v) is 12.3. The van der Waals surface area contributed by atoms with E-state index < -0.39 is 0 Å². The van der Waals surface area contributed by atoms with Gasteiger partial charge in [0.25, 0.3) is 5.56 Å². The van der Waals surface area contributed by atoms with Gasteiger partial charge in [-0.15, -0.1) is 0 Å². The van der Waals surface area contributed by atoms with E-state index in [1.807, 2.05) is 43.3 Å². The number of benzene rings is 1. The van der Waals surface area contributed by atoms with Crippen LogP contribution in [-0.4, -0.2) is 20.1 Å². The van der Waals surface area contributed by atoms with Crippen molar-refractivity contribution in [3.05, 3.63) is 64.9 Å². The highest BCUT2D eigenvalue weighted by atomic mass is 16.5. The van der Waals surface area contributed by atoms with Gasteiger partial charge in [-0.2, -0.15) is 0 Å². The number of aromatic amines is 1. The van der Waals surface area contributed by atoms with Crippen LogP contribution in [0.2, 0.25) is 0 Å². The molecular formula is C17H12N4O2. The smallest absolute Gasteiger partial charge is 0.277 e. The van der Waals surface area contributed by atoms with Crippen LogP contribution >= 0.6 is 0 Å². The lowest BCUT2D eigenvalue weighted by Crippen LogP contribution is -2.08. The summed E-state index contributed by atoms with van der Waals surface area (Å²) >= 11 is 0. The van der Waals surface area contributed by atoms with Crippen LogP contribution in [0.5, 0.6) is 0 Å². The molecule has 0 aliphatic heterocycles. The Kier molecular flexibility index (Phi) is 3.01. The van der Waals surface area contributed by atoms with Crippen molar-refractivity contribution >= 4 is 11.0 Å². The molecular weight excluding hydrogens is 292 g/mol. The molecule has 0 radical (unpaired) electrons. The molecule has 6 heteroatoms. The predicted molar refractivity (Wildman–Crippen MR) is 85.8 cm³/mol. The highest BCUT2D eigenvalue weighted by Crippen LogP contribution is 2.33. The van der Waals surface area contributed by atoms with Crippen molar-refractivity contribution < 1.29 is 4.52 Å². The molecule has 0 amide bonds. The molecule has 1 aromatic carbocycles. The molecule has 0 unspecified atom stereocenters. The molecule has 3 heterocycles. The largest absolute Gasteiger partial charge is 0.360 e. The second-order valence-corrected chi connectivity index (χ2v) is 5.12. The highest BCUT2D eigenvalue weighted by Gasteiger charge is 2.18. The monoisotopic (exact) mass is 304 g/mol. The van der Waals surface area contributed by atoms with Crippen LogP contribution in [0.3, 0.4) is 0 Å². The Morgan fingerprint density at radius 2 is 1.91 bits per heavy atom. The van der Waals surface area contributed by atoms with Crippen molar-refractivity contribution in [2.24, 2.45) is 0 Å². The third kappa shape index (κ3) is 2.20. The SMILES string of the molecule is Cc1onc(-c2ccccc2)c1-c1ccc2nc[nH]c(=O)c2n1. The Balaban J connectivity index is 1.97. The van der Waals surface area contributed by atoms with E-state index in [-0.39, 0.29) is 5.56 Å². The first kappa shape index (κ1) is 13.4. The van der Waals surface area contributed by atoms with Crippen molar-refractivity contribution in [1.82, 2.24) is 20.1 Å². The van der Waals surface area contributed by atoms with Gasteiger partial charge in [-0.1, -0.05) is 35.5 Å². The summed E-state index contributed by atoms with van der Waals surface area (Å²) in [5.41, 5.74) is 3.62. The highest BCUT2D eigenvalue weighted by molar-refractivity contribution is 5.83. The maximum absolute atomic E-state index is 11.9. The van der Waals surface area contributed by atoms with Crippen LogP contribution in [0.1, 0.15) is 5.76 Å². The fraction of sp³-hybridized carbons (Fsp3) is 0.0588. The number of hydrogen-bond acceptors (Lipinski definition) is 5. The normalized spacial score (nSPS) is 11.0. The summed E-state index contributed by atoms with van der Waals surface area (Å²) in [6.07, 6.45) is 1.37. The number of hydrogen-bond donors (Lipinski definition) is 1. The number of aromatic nitrogens is 4. The second-order valence-electron chi connectivity index (χ2n) is 5.12. The van der Waals surface area contributed by atoms with Crippen molar-refractivity contribution in [2.75, 3.05) is 0 Å². The summed E-state index contributed by atoms with van der Waals surface area (Å²) < 4.78 is 5.36. The van der Waals surface area contributed by atoms with Gasteiger partial charge in [-0.3, -0.25) is 4.79 Å². The lowest BCUT2D eigenvalue weighted by atomic mass is 10.0. The third-order valence-corrected chi connectivity index (χ3v) is 3.65. The summed E-state index contributed by atoms with van der Waals surface area (Å²) in [7, 11) is 0. The van der Waals surface area contributed by atoms with E-state index >= 15 is 0 Å².